The number of aliphatic carboxylic acids is 1. The van der Waals surface area contributed by atoms with Crippen molar-refractivity contribution in [1.29, 1.82) is 0 Å². The van der Waals surface area contributed by atoms with Crippen molar-refractivity contribution in [3.8, 4) is 5.75 Å². The summed E-state index contributed by atoms with van der Waals surface area (Å²) in [5, 5.41) is 15.6. The van der Waals surface area contributed by atoms with Crippen molar-refractivity contribution in [3.63, 3.8) is 0 Å². The molecule has 1 atom stereocenters. The van der Waals surface area contributed by atoms with Gasteiger partial charge in [0.05, 0.1) is 24.2 Å². The maximum absolute atomic E-state index is 12.1. The predicted octanol–water partition coefficient (Wildman–Crippen LogP) is 3.62. The first-order valence-electron chi connectivity index (χ1n) is 8.23. The van der Waals surface area contributed by atoms with Gasteiger partial charge in [-0.1, -0.05) is 35.3 Å². The van der Waals surface area contributed by atoms with Crippen LogP contribution in [0, 0.1) is 0 Å². The third-order valence-electron chi connectivity index (χ3n) is 3.86. The molecular weight excluding hydrogens is 391 g/mol. The van der Waals surface area contributed by atoms with Gasteiger partial charge in [0.25, 0.3) is 0 Å². The summed E-state index contributed by atoms with van der Waals surface area (Å²) in [5.74, 6) is -0.793. The maximum Gasteiger partial charge on any atom is 0.321 e. The fourth-order valence-electron chi connectivity index (χ4n) is 2.41. The number of rotatable bonds is 9. The van der Waals surface area contributed by atoms with E-state index < -0.39 is 17.9 Å². The average Bonchev–Trinajstić information content (AvgIpc) is 2.63. The zero-order valence-electron chi connectivity index (χ0n) is 14.7. The fraction of sp³-hybridized carbons (Fsp3) is 0.263. The number of hydrogen-bond acceptors (Lipinski definition) is 4. The van der Waals surface area contributed by atoms with Crippen molar-refractivity contribution >= 4 is 40.8 Å². The van der Waals surface area contributed by atoms with E-state index in [-0.39, 0.29) is 11.4 Å². The first-order chi connectivity index (χ1) is 12.9. The molecule has 1 amide bonds. The van der Waals surface area contributed by atoms with Crippen LogP contribution >= 0.6 is 23.2 Å². The highest BCUT2D eigenvalue weighted by Crippen LogP contribution is 2.25. The van der Waals surface area contributed by atoms with Crippen LogP contribution in [0.25, 0.3) is 0 Å². The minimum Gasteiger partial charge on any atom is -0.497 e. The molecule has 0 aliphatic rings. The molecule has 0 spiro atoms. The van der Waals surface area contributed by atoms with Crippen LogP contribution in [-0.2, 0) is 16.0 Å². The van der Waals surface area contributed by atoms with Gasteiger partial charge in [0.2, 0.25) is 5.91 Å². The Balaban J connectivity index is 1.86. The average molecular weight is 411 g/mol. The Bertz CT molecular complexity index is 797. The Morgan fingerprint density at radius 2 is 1.85 bits per heavy atom. The Morgan fingerprint density at radius 3 is 2.44 bits per heavy atom. The number of carbonyl (C=O) groups excluding carboxylic acids is 1. The lowest BCUT2D eigenvalue weighted by molar-refractivity contribution is -0.141. The van der Waals surface area contributed by atoms with Crippen LogP contribution in [0.2, 0.25) is 10.0 Å². The topological polar surface area (TPSA) is 87.7 Å². The fourth-order valence-corrected chi connectivity index (χ4v) is 2.86. The van der Waals surface area contributed by atoms with E-state index in [1.165, 1.54) is 6.07 Å². The van der Waals surface area contributed by atoms with Gasteiger partial charge in [0.15, 0.2) is 0 Å². The van der Waals surface area contributed by atoms with Gasteiger partial charge in [-0.15, -0.1) is 0 Å². The van der Waals surface area contributed by atoms with E-state index in [0.717, 1.165) is 11.3 Å². The van der Waals surface area contributed by atoms with Gasteiger partial charge >= 0.3 is 5.97 Å². The minimum atomic E-state index is -1.10. The molecule has 6 nitrogen and oxygen atoms in total. The number of carboxylic acids is 1. The molecule has 0 aliphatic carbocycles. The number of amides is 1. The third-order valence-corrected chi connectivity index (χ3v) is 4.40. The van der Waals surface area contributed by atoms with Crippen LogP contribution < -0.4 is 15.4 Å². The van der Waals surface area contributed by atoms with Gasteiger partial charge in [0.1, 0.15) is 11.8 Å². The van der Waals surface area contributed by atoms with Gasteiger partial charge in [-0.3, -0.25) is 9.59 Å². The first-order valence-corrected chi connectivity index (χ1v) is 8.98. The number of hydrogen-bond donors (Lipinski definition) is 3. The molecule has 2 aromatic carbocycles. The number of anilines is 1. The van der Waals surface area contributed by atoms with Crippen molar-refractivity contribution < 1.29 is 19.4 Å². The van der Waals surface area contributed by atoms with Crippen LogP contribution in [-0.4, -0.2) is 36.7 Å². The molecule has 3 N–H and O–H groups in total. The molecule has 0 bridgehead atoms. The normalized spacial score (nSPS) is 11.7. The summed E-state index contributed by atoms with van der Waals surface area (Å²) in [5.41, 5.74) is 1.42. The zero-order chi connectivity index (χ0) is 19.8. The number of nitrogens with one attached hydrogen (secondary N) is 2. The number of methoxy groups -OCH3 is 1. The molecule has 27 heavy (non-hydrogen) atoms. The van der Waals surface area contributed by atoms with E-state index in [9.17, 15) is 14.7 Å². The van der Waals surface area contributed by atoms with Crippen molar-refractivity contribution in [2.45, 2.75) is 18.9 Å². The van der Waals surface area contributed by atoms with Crippen LogP contribution in [0.1, 0.15) is 12.0 Å². The third kappa shape index (κ3) is 6.75. The van der Waals surface area contributed by atoms with Gasteiger partial charge in [0, 0.05) is 5.02 Å². The molecule has 0 aliphatic heterocycles. The maximum atomic E-state index is 12.1. The minimum absolute atomic E-state index is 0.225. The Kier molecular flexibility index (Phi) is 7.91. The van der Waals surface area contributed by atoms with Crippen LogP contribution in [0.4, 0.5) is 5.69 Å². The number of carbonyl (C=O) groups is 2. The van der Waals surface area contributed by atoms with Crippen LogP contribution in [0.5, 0.6) is 5.75 Å². The Morgan fingerprint density at radius 1 is 1.15 bits per heavy atom. The summed E-state index contributed by atoms with van der Waals surface area (Å²) in [4.78, 5) is 23.6. The van der Waals surface area contributed by atoms with Gasteiger partial charge < -0.3 is 20.5 Å². The molecular formula is C19H20Cl2N2O4. The molecule has 2 rings (SSSR count). The Labute approximate surface area is 167 Å². The highest BCUT2D eigenvalue weighted by atomic mass is 35.5. The highest BCUT2D eigenvalue weighted by Gasteiger charge is 2.21. The van der Waals surface area contributed by atoms with E-state index in [1.54, 1.807) is 19.2 Å². The summed E-state index contributed by atoms with van der Waals surface area (Å²) >= 11 is 11.8. The monoisotopic (exact) mass is 410 g/mol. The van der Waals surface area contributed by atoms with Gasteiger partial charge in [-0.2, -0.15) is 0 Å². The SMILES string of the molecule is COc1ccc(CCNC(CC(=O)Nc2ccc(Cl)cc2Cl)C(=O)O)cc1. The van der Waals surface area contributed by atoms with Crippen LogP contribution in [0.3, 0.4) is 0 Å². The van der Waals surface area contributed by atoms with Gasteiger partial charge in [-0.25, -0.2) is 0 Å². The zero-order valence-corrected chi connectivity index (χ0v) is 16.2. The highest BCUT2D eigenvalue weighted by molar-refractivity contribution is 6.36. The van der Waals surface area contributed by atoms with E-state index in [4.69, 9.17) is 27.9 Å². The number of halogens is 2. The van der Waals surface area contributed by atoms with Gasteiger partial charge in [-0.05, 0) is 48.9 Å². The first kappa shape index (κ1) is 21.0. The quantitative estimate of drug-likeness (QED) is 0.587. The second-order valence-electron chi connectivity index (χ2n) is 5.82. The molecule has 0 fully saturated rings. The number of carboxylic acid groups (broad SMARTS) is 1. The lowest BCUT2D eigenvalue weighted by Gasteiger charge is -2.15. The molecule has 0 saturated heterocycles. The summed E-state index contributed by atoms with van der Waals surface area (Å²) < 4.78 is 5.10. The van der Waals surface area contributed by atoms with E-state index >= 15 is 0 Å². The van der Waals surface area contributed by atoms with Crippen molar-refractivity contribution in [3.05, 3.63) is 58.1 Å². The predicted molar refractivity (Wildman–Crippen MR) is 106 cm³/mol. The second-order valence-corrected chi connectivity index (χ2v) is 6.66. The van der Waals surface area contributed by atoms with E-state index in [2.05, 4.69) is 10.6 Å². The molecule has 0 heterocycles. The molecule has 0 radical (unpaired) electrons. The number of benzene rings is 2. The van der Waals surface area contributed by atoms with E-state index in [1.807, 2.05) is 24.3 Å². The summed E-state index contributed by atoms with van der Waals surface area (Å²) in [6.45, 7) is 0.415. The van der Waals surface area contributed by atoms with Crippen molar-refractivity contribution in [2.75, 3.05) is 19.0 Å². The van der Waals surface area contributed by atoms with Crippen molar-refractivity contribution in [1.82, 2.24) is 5.32 Å². The largest absolute Gasteiger partial charge is 0.497 e. The molecule has 2 aromatic rings. The molecule has 8 heteroatoms. The Hall–Kier alpha value is -2.28. The second kappa shape index (κ2) is 10.2. The van der Waals surface area contributed by atoms with E-state index in [0.29, 0.717) is 23.7 Å². The molecule has 144 valence electrons. The smallest absolute Gasteiger partial charge is 0.321 e. The summed E-state index contributed by atoms with van der Waals surface area (Å²) in [7, 11) is 1.59. The summed E-state index contributed by atoms with van der Waals surface area (Å²) in [6.07, 6.45) is 0.398. The lowest BCUT2D eigenvalue weighted by Crippen LogP contribution is -2.40. The molecule has 1 unspecified atom stereocenters. The molecule has 0 aromatic heterocycles. The molecule has 0 saturated carbocycles. The number of ether oxygens (including phenoxy) is 1. The summed E-state index contributed by atoms with van der Waals surface area (Å²) in [6, 6.07) is 11.1. The van der Waals surface area contributed by atoms with Crippen LogP contribution in [0.15, 0.2) is 42.5 Å². The standard InChI is InChI=1S/C19H20Cl2N2O4/c1-27-14-5-2-12(3-6-14)8-9-22-17(19(25)26)11-18(24)23-16-7-4-13(20)10-15(16)21/h2-7,10,17,22H,8-9,11H2,1H3,(H,23,24)(H,25,26). The lowest BCUT2D eigenvalue weighted by atomic mass is 10.1. The van der Waals surface area contributed by atoms with Crippen molar-refractivity contribution in [2.24, 2.45) is 0 Å².